The van der Waals surface area contributed by atoms with Gasteiger partial charge in [-0.2, -0.15) is 0 Å². The third kappa shape index (κ3) is 3.45. The highest BCUT2D eigenvalue weighted by molar-refractivity contribution is 4.95. The molecule has 2 rings (SSSR count). The van der Waals surface area contributed by atoms with Crippen LogP contribution in [0.25, 0.3) is 0 Å². The van der Waals surface area contributed by atoms with Crippen LogP contribution >= 0.6 is 0 Å². The Morgan fingerprint density at radius 1 is 1.29 bits per heavy atom. The minimum Gasteiger partial charge on any atom is -0.372 e. The van der Waals surface area contributed by atoms with Gasteiger partial charge in [-0.15, -0.1) is 0 Å². The van der Waals surface area contributed by atoms with Gasteiger partial charge in [0.1, 0.15) is 0 Å². The summed E-state index contributed by atoms with van der Waals surface area (Å²) in [5, 5.41) is 3.55. The molecule has 0 aromatic heterocycles. The quantitative estimate of drug-likeness (QED) is 0.767. The van der Waals surface area contributed by atoms with Crippen LogP contribution in [0, 0.1) is 11.3 Å². The molecule has 1 aliphatic carbocycles. The summed E-state index contributed by atoms with van der Waals surface area (Å²) in [5.41, 5.74) is 0.578. The lowest BCUT2D eigenvalue weighted by molar-refractivity contribution is -0.0363. The minimum atomic E-state index is 0.118. The Morgan fingerprint density at radius 2 is 2.00 bits per heavy atom. The zero-order valence-corrected chi connectivity index (χ0v) is 12.0. The van der Waals surface area contributed by atoms with Gasteiger partial charge >= 0.3 is 0 Å². The Labute approximate surface area is 107 Å². The van der Waals surface area contributed by atoms with E-state index in [9.17, 15) is 0 Å². The molecule has 1 heterocycles. The average molecular weight is 239 g/mol. The summed E-state index contributed by atoms with van der Waals surface area (Å²) in [6.07, 6.45) is 7.07. The van der Waals surface area contributed by atoms with E-state index in [1.54, 1.807) is 0 Å². The molecule has 2 aliphatic rings. The zero-order valence-electron chi connectivity index (χ0n) is 12.0. The maximum atomic E-state index is 6.17. The highest BCUT2D eigenvalue weighted by Gasteiger charge is 2.44. The molecule has 2 heteroatoms. The smallest absolute Gasteiger partial charge is 0.0631 e. The van der Waals surface area contributed by atoms with Crippen LogP contribution in [0.2, 0.25) is 0 Å². The van der Waals surface area contributed by atoms with E-state index in [4.69, 9.17) is 4.74 Å². The second-order valence-electron chi connectivity index (χ2n) is 6.95. The van der Waals surface area contributed by atoms with Crippen molar-refractivity contribution in [1.29, 1.82) is 0 Å². The first kappa shape index (κ1) is 13.4. The summed E-state index contributed by atoms with van der Waals surface area (Å²) in [6.45, 7) is 11.4. The van der Waals surface area contributed by atoms with Gasteiger partial charge in [-0.05, 0) is 63.8 Å². The monoisotopic (exact) mass is 239 g/mol. The summed E-state index contributed by atoms with van der Waals surface area (Å²) in [5.74, 6) is 0.939. The first-order valence-electron chi connectivity index (χ1n) is 7.34. The van der Waals surface area contributed by atoms with E-state index in [2.05, 4.69) is 33.0 Å². The standard InChI is InChI=1S/C15H29NO/c1-5-16-11-15(4,12-6-7-12)10-13-8-9-14(2,3)17-13/h12-13,16H,5-11H2,1-4H3. The molecule has 100 valence electrons. The molecule has 0 aromatic rings. The van der Waals surface area contributed by atoms with Crippen LogP contribution in [0.4, 0.5) is 0 Å². The highest BCUT2D eigenvalue weighted by atomic mass is 16.5. The fourth-order valence-corrected chi connectivity index (χ4v) is 3.32. The Hall–Kier alpha value is -0.0800. The number of hydrogen-bond acceptors (Lipinski definition) is 2. The van der Waals surface area contributed by atoms with Gasteiger partial charge in [0.2, 0.25) is 0 Å². The largest absolute Gasteiger partial charge is 0.372 e. The van der Waals surface area contributed by atoms with Crippen LogP contribution in [-0.4, -0.2) is 24.8 Å². The van der Waals surface area contributed by atoms with E-state index in [-0.39, 0.29) is 5.60 Å². The van der Waals surface area contributed by atoms with Crippen LogP contribution in [0.3, 0.4) is 0 Å². The van der Waals surface area contributed by atoms with E-state index in [0.29, 0.717) is 11.5 Å². The van der Waals surface area contributed by atoms with E-state index in [1.165, 1.54) is 32.1 Å². The van der Waals surface area contributed by atoms with Gasteiger partial charge in [0.05, 0.1) is 11.7 Å². The molecule has 2 fully saturated rings. The van der Waals surface area contributed by atoms with Gasteiger partial charge in [0.15, 0.2) is 0 Å². The molecule has 0 bridgehead atoms. The van der Waals surface area contributed by atoms with Crippen LogP contribution < -0.4 is 5.32 Å². The predicted molar refractivity (Wildman–Crippen MR) is 72.2 cm³/mol. The van der Waals surface area contributed by atoms with E-state index in [0.717, 1.165) is 19.0 Å². The Balaban J connectivity index is 1.89. The van der Waals surface area contributed by atoms with Crippen molar-refractivity contribution >= 4 is 0 Å². The predicted octanol–water partition coefficient (Wildman–Crippen LogP) is 3.36. The summed E-state index contributed by atoms with van der Waals surface area (Å²) in [6, 6.07) is 0. The molecule has 17 heavy (non-hydrogen) atoms. The lowest BCUT2D eigenvalue weighted by Gasteiger charge is -2.33. The van der Waals surface area contributed by atoms with Crippen molar-refractivity contribution in [3.63, 3.8) is 0 Å². The van der Waals surface area contributed by atoms with Crippen LogP contribution in [-0.2, 0) is 4.74 Å². The van der Waals surface area contributed by atoms with Crippen molar-refractivity contribution in [3.8, 4) is 0 Å². The number of rotatable bonds is 6. The molecule has 2 nitrogen and oxygen atoms in total. The second-order valence-corrected chi connectivity index (χ2v) is 6.95. The third-order valence-electron chi connectivity index (χ3n) is 4.59. The molecule has 1 saturated carbocycles. The summed E-state index contributed by atoms with van der Waals surface area (Å²) >= 11 is 0. The van der Waals surface area contributed by atoms with E-state index < -0.39 is 0 Å². The van der Waals surface area contributed by atoms with E-state index >= 15 is 0 Å². The molecule has 1 saturated heterocycles. The average Bonchev–Trinajstić information content (AvgIpc) is 3.03. The van der Waals surface area contributed by atoms with Crippen LogP contribution in [0.5, 0.6) is 0 Å². The fourth-order valence-electron chi connectivity index (χ4n) is 3.32. The van der Waals surface area contributed by atoms with Gasteiger partial charge in [-0.1, -0.05) is 13.8 Å². The van der Waals surface area contributed by atoms with E-state index in [1.807, 2.05) is 0 Å². The highest BCUT2D eigenvalue weighted by Crippen LogP contribution is 2.49. The lowest BCUT2D eigenvalue weighted by Crippen LogP contribution is -2.37. The summed E-state index contributed by atoms with van der Waals surface area (Å²) < 4.78 is 6.17. The van der Waals surface area contributed by atoms with Crippen molar-refractivity contribution in [2.75, 3.05) is 13.1 Å². The molecular formula is C15H29NO. The van der Waals surface area contributed by atoms with Gasteiger partial charge < -0.3 is 10.1 Å². The van der Waals surface area contributed by atoms with Gasteiger partial charge in [0, 0.05) is 6.54 Å². The Kier molecular flexibility index (Phi) is 3.84. The fraction of sp³-hybridized carbons (Fsp3) is 1.00. The maximum absolute atomic E-state index is 6.17. The van der Waals surface area contributed by atoms with Gasteiger partial charge in [0.25, 0.3) is 0 Å². The Bertz CT molecular complexity index is 260. The lowest BCUT2D eigenvalue weighted by atomic mass is 9.79. The van der Waals surface area contributed by atoms with Crippen molar-refractivity contribution < 1.29 is 4.74 Å². The normalized spacial score (nSPS) is 31.4. The molecule has 0 spiro atoms. The van der Waals surface area contributed by atoms with Crippen molar-refractivity contribution in [3.05, 3.63) is 0 Å². The molecule has 0 radical (unpaired) electrons. The summed E-state index contributed by atoms with van der Waals surface area (Å²) in [7, 11) is 0. The molecule has 0 aromatic carbocycles. The summed E-state index contributed by atoms with van der Waals surface area (Å²) in [4.78, 5) is 0. The zero-order chi connectivity index (χ0) is 12.5. The van der Waals surface area contributed by atoms with Gasteiger partial charge in [-0.3, -0.25) is 0 Å². The van der Waals surface area contributed by atoms with Crippen molar-refractivity contribution in [1.82, 2.24) is 5.32 Å². The molecule has 1 N–H and O–H groups in total. The third-order valence-corrected chi connectivity index (χ3v) is 4.59. The second kappa shape index (κ2) is 4.89. The first-order chi connectivity index (χ1) is 7.95. The minimum absolute atomic E-state index is 0.118. The number of ether oxygens (including phenoxy) is 1. The van der Waals surface area contributed by atoms with Crippen LogP contribution in [0.15, 0.2) is 0 Å². The van der Waals surface area contributed by atoms with Gasteiger partial charge in [-0.25, -0.2) is 0 Å². The first-order valence-corrected chi connectivity index (χ1v) is 7.34. The molecule has 2 atom stereocenters. The molecule has 1 aliphatic heterocycles. The van der Waals surface area contributed by atoms with Crippen LogP contribution in [0.1, 0.15) is 59.8 Å². The Morgan fingerprint density at radius 3 is 2.47 bits per heavy atom. The molecule has 0 amide bonds. The maximum Gasteiger partial charge on any atom is 0.0631 e. The number of hydrogen-bond donors (Lipinski definition) is 1. The van der Waals surface area contributed by atoms with Crippen molar-refractivity contribution in [2.24, 2.45) is 11.3 Å². The topological polar surface area (TPSA) is 21.3 Å². The number of nitrogens with one attached hydrogen (secondary N) is 1. The van der Waals surface area contributed by atoms with Crippen molar-refractivity contribution in [2.45, 2.75) is 71.5 Å². The molecular weight excluding hydrogens is 210 g/mol. The SMILES string of the molecule is CCNCC(C)(CC1CCC(C)(C)O1)C1CC1. The molecule has 2 unspecified atom stereocenters.